The highest BCUT2D eigenvalue weighted by atomic mass is 19.4. The summed E-state index contributed by atoms with van der Waals surface area (Å²) in [4.78, 5) is 14.7. The van der Waals surface area contributed by atoms with E-state index in [9.17, 15) is 18.0 Å². The van der Waals surface area contributed by atoms with E-state index < -0.39 is 23.6 Å². The van der Waals surface area contributed by atoms with Crippen LogP contribution in [0, 0.1) is 19.8 Å². The first-order valence-electron chi connectivity index (χ1n) is 10.8. The number of unbranched alkanes of at least 4 members (excludes halogenated alkanes) is 1. The van der Waals surface area contributed by atoms with Crippen LogP contribution in [0.3, 0.4) is 0 Å². The highest BCUT2D eigenvalue weighted by molar-refractivity contribution is 5.95. The molecule has 0 aromatic heterocycles. The summed E-state index contributed by atoms with van der Waals surface area (Å²) < 4.78 is 41.4. The van der Waals surface area contributed by atoms with Crippen molar-refractivity contribution in [2.24, 2.45) is 5.92 Å². The Balaban J connectivity index is 2.15. The molecule has 0 spiro atoms. The van der Waals surface area contributed by atoms with Gasteiger partial charge in [0.05, 0.1) is 0 Å². The van der Waals surface area contributed by atoms with Gasteiger partial charge in [-0.05, 0) is 75.5 Å². The maximum absolute atomic E-state index is 13.8. The standard InChI is InChI=1S/C24H33F3N2O/c1-5-7-13-29(12-6-2)16-20-10-11-21(15-22(20)24(25,26)27)28-23(30)19-9-8-17(3)18(4)14-19/h8-9,11,14-15,20H,5-7,10,12-13,16H2,1-4H3,(H,28,30). The molecule has 1 aliphatic carbocycles. The van der Waals surface area contributed by atoms with E-state index in [2.05, 4.69) is 17.1 Å². The fourth-order valence-electron chi connectivity index (χ4n) is 3.70. The van der Waals surface area contributed by atoms with E-state index in [1.165, 1.54) is 0 Å². The van der Waals surface area contributed by atoms with Crippen LogP contribution < -0.4 is 5.32 Å². The number of aryl methyl sites for hydroxylation is 2. The average molecular weight is 423 g/mol. The molecule has 3 nitrogen and oxygen atoms in total. The van der Waals surface area contributed by atoms with Gasteiger partial charge in [0.15, 0.2) is 0 Å². The number of rotatable bonds is 9. The van der Waals surface area contributed by atoms with Crippen molar-refractivity contribution in [3.63, 3.8) is 0 Å². The number of carbonyl (C=O) groups is 1. The Morgan fingerprint density at radius 2 is 1.87 bits per heavy atom. The molecular formula is C24H33F3N2O. The van der Waals surface area contributed by atoms with Gasteiger partial charge in [0.25, 0.3) is 5.91 Å². The lowest BCUT2D eigenvalue weighted by Crippen LogP contribution is -2.36. The number of benzene rings is 1. The number of hydrogen-bond acceptors (Lipinski definition) is 2. The number of hydrogen-bond donors (Lipinski definition) is 1. The zero-order valence-electron chi connectivity index (χ0n) is 18.4. The Hall–Kier alpha value is -2.08. The summed E-state index contributed by atoms with van der Waals surface area (Å²) in [6.07, 6.45) is 1.57. The van der Waals surface area contributed by atoms with E-state index in [0.29, 0.717) is 12.1 Å². The predicted molar refractivity (Wildman–Crippen MR) is 115 cm³/mol. The summed E-state index contributed by atoms with van der Waals surface area (Å²) in [5, 5.41) is 2.65. The molecule has 30 heavy (non-hydrogen) atoms. The summed E-state index contributed by atoms with van der Waals surface area (Å²) in [5.41, 5.74) is 2.13. The van der Waals surface area contributed by atoms with Gasteiger partial charge in [-0.15, -0.1) is 0 Å². The monoisotopic (exact) mass is 422 g/mol. The first-order valence-corrected chi connectivity index (χ1v) is 10.8. The van der Waals surface area contributed by atoms with Crippen molar-refractivity contribution in [1.29, 1.82) is 0 Å². The second-order valence-corrected chi connectivity index (χ2v) is 8.10. The number of carbonyl (C=O) groups excluding carboxylic acids is 1. The van der Waals surface area contributed by atoms with Crippen molar-refractivity contribution < 1.29 is 18.0 Å². The van der Waals surface area contributed by atoms with Crippen LogP contribution in [0.2, 0.25) is 0 Å². The first kappa shape index (κ1) is 24.2. The highest BCUT2D eigenvalue weighted by Gasteiger charge is 2.40. The molecular weight excluding hydrogens is 389 g/mol. The van der Waals surface area contributed by atoms with Crippen LogP contribution >= 0.6 is 0 Å². The predicted octanol–water partition coefficient (Wildman–Crippen LogP) is 5.94. The topological polar surface area (TPSA) is 32.3 Å². The molecule has 1 aliphatic rings. The number of alkyl halides is 3. The maximum Gasteiger partial charge on any atom is 0.413 e. The van der Waals surface area contributed by atoms with Crippen LogP contribution in [-0.4, -0.2) is 36.6 Å². The van der Waals surface area contributed by atoms with Gasteiger partial charge < -0.3 is 10.2 Å². The molecule has 1 unspecified atom stereocenters. The molecule has 2 rings (SSSR count). The first-order chi connectivity index (χ1) is 14.2. The van der Waals surface area contributed by atoms with Gasteiger partial charge in [0.1, 0.15) is 0 Å². The van der Waals surface area contributed by atoms with E-state index in [0.717, 1.165) is 49.6 Å². The Morgan fingerprint density at radius 3 is 2.47 bits per heavy atom. The minimum absolute atomic E-state index is 0.220. The van der Waals surface area contributed by atoms with Crippen molar-refractivity contribution in [3.05, 3.63) is 58.3 Å². The van der Waals surface area contributed by atoms with Gasteiger partial charge in [-0.2, -0.15) is 13.2 Å². The van der Waals surface area contributed by atoms with Crippen LogP contribution in [0.1, 0.15) is 61.0 Å². The largest absolute Gasteiger partial charge is 0.413 e. The fraction of sp³-hybridized carbons (Fsp3) is 0.542. The Bertz CT molecular complexity index is 796. The van der Waals surface area contributed by atoms with Crippen molar-refractivity contribution in [1.82, 2.24) is 10.2 Å². The third-order valence-corrected chi connectivity index (χ3v) is 5.57. The van der Waals surface area contributed by atoms with E-state index >= 15 is 0 Å². The second-order valence-electron chi connectivity index (χ2n) is 8.10. The Morgan fingerprint density at radius 1 is 1.13 bits per heavy atom. The molecule has 0 saturated heterocycles. The lowest BCUT2D eigenvalue weighted by molar-refractivity contribution is -0.100. The Kier molecular flexibility index (Phi) is 8.71. The fourth-order valence-corrected chi connectivity index (χ4v) is 3.70. The maximum atomic E-state index is 13.8. The van der Waals surface area contributed by atoms with Crippen LogP contribution in [0.15, 0.2) is 41.6 Å². The smallest absolute Gasteiger partial charge is 0.322 e. The molecule has 6 heteroatoms. The van der Waals surface area contributed by atoms with Crippen LogP contribution in [0.5, 0.6) is 0 Å². The van der Waals surface area contributed by atoms with Crippen molar-refractivity contribution >= 4 is 5.91 Å². The number of nitrogens with zero attached hydrogens (tertiary/aromatic N) is 1. The van der Waals surface area contributed by atoms with Gasteiger partial charge in [0.2, 0.25) is 0 Å². The number of halogens is 3. The summed E-state index contributed by atoms with van der Waals surface area (Å²) in [6, 6.07) is 5.28. The zero-order chi connectivity index (χ0) is 22.3. The molecule has 1 atom stereocenters. The van der Waals surface area contributed by atoms with Gasteiger partial charge in [-0.3, -0.25) is 4.79 Å². The minimum atomic E-state index is -4.42. The summed E-state index contributed by atoms with van der Waals surface area (Å²) >= 11 is 0. The molecule has 0 saturated carbocycles. The summed E-state index contributed by atoms with van der Waals surface area (Å²) in [5.74, 6) is -1.01. The quantitative estimate of drug-likeness (QED) is 0.534. The highest BCUT2D eigenvalue weighted by Crippen LogP contribution is 2.37. The third kappa shape index (κ3) is 6.73. The van der Waals surface area contributed by atoms with Gasteiger partial charge in [-0.25, -0.2) is 0 Å². The van der Waals surface area contributed by atoms with Crippen LogP contribution in [0.25, 0.3) is 0 Å². The molecule has 1 amide bonds. The molecule has 1 aromatic carbocycles. The van der Waals surface area contributed by atoms with Crippen molar-refractivity contribution in [2.45, 2.75) is 59.6 Å². The van der Waals surface area contributed by atoms with Crippen LogP contribution in [-0.2, 0) is 0 Å². The lowest BCUT2D eigenvalue weighted by atomic mass is 9.89. The molecule has 166 valence electrons. The Labute approximate surface area is 178 Å². The second kappa shape index (κ2) is 10.8. The van der Waals surface area contributed by atoms with Crippen LogP contribution in [0.4, 0.5) is 13.2 Å². The molecule has 0 fully saturated rings. The third-order valence-electron chi connectivity index (χ3n) is 5.57. The number of amides is 1. The molecule has 1 N–H and O–H groups in total. The summed E-state index contributed by atoms with van der Waals surface area (Å²) in [6.45, 7) is 9.96. The van der Waals surface area contributed by atoms with E-state index in [-0.39, 0.29) is 12.1 Å². The average Bonchev–Trinajstić information content (AvgIpc) is 2.68. The molecule has 1 aromatic rings. The SMILES string of the molecule is CCCCN(CCC)CC1CC=C(NC(=O)c2ccc(C)c(C)c2)C=C1C(F)(F)F. The molecule has 0 bridgehead atoms. The molecule has 0 radical (unpaired) electrons. The minimum Gasteiger partial charge on any atom is -0.322 e. The molecule has 0 aliphatic heterocycles. The van der Waals surface area contributed by atoms with Crippen molar-refractivity contribution in [3.8, 4) is 0 Å². The molecule has 0 heterocycles. The number of allylic oxidation sites excluding steroid dienone is 2. The van der Waals surface area contributed by atoms with E-state index in [1.54, 1.807) is 18.2 Å². The normalized spacial score (nSPS) is 17.0. The summed E-state index contributed by atoms with van der Waals surface area (Å²) in [7, 11) is 0. The lowest BCUT2D eigenvalue weighted by Gasteiger charge is -2.31. The van der Waals surface area contributed by atoms with Crippen molar-refractivity contribution in [2.75, 3.05) is 19.6 Å². The van der Waals surface area contributed by atoms with Gasteiger partial charge in [0, 0.05) is 29.3 Å². The zero-order valence-corrected chi connectivity index (χ0v) is 18.4. The van der Waals surface area contributed by atoms with Gasteiger partial charge in [-0.1, -0.05) is 32.4 Å². The van der Waals surface area contributed by atoms with Gasteiger partial charge >= 0.3 is 6.18 Å². The van der Waals surface area contributed by atoms with E-state index in [1.807, 2.05) is 26.8 Å². The van der Waals surface area contributed by atoms with E-state index in [4.69, 9.17) is 0 Å². The number of nitrogens with one attached hydrogen (secondary N) is 1.